The highest BCUT2D eigenvalue weighted by molar-refractivity contribution is 7.86. The Morgan fingerprint density at radius 3 is 2.50 bits per heavy atom. The minimum absolute atomic E-state index is 0.0954. The zero-order valence-corrected chi connectivity index (χ0v) is 9.04. The van der Waals surface area contributed by atoms with Gasteiger partial charge >= 0.3 is 0 Å². The quantitative estimate of drug-likeness (QED) is 0.498. The number of carbonyl (C=O) groups excluding carboxylic acids is 1. The van der Waals surface area contributed by atoms with Gasteiger partial charge in [-0.1, -0.05) is 0 Å². The van der Waals surface area contributed by atoms with Gasteiger partial charge in [-0.3, -0.25) is 4.18 Å². The molecule has 0 amide bonds. The second-order valence-corrected chi connectivity index (χ2v) is 5.15. The minimum atomic E-state index is -3.60. The first-order chi connectivity index (χ1) is 6.41. The number of hydrogen-bond donors (Lipinski definition) is 0. The van der Waals surface area contributed by atoms with Gasteiger partial charge in [-0.05, 0) is 12.8 Å². The summed E-state index contributed by atoms with van der Waals surface area (Å²) >= 11 is 0. The SMILES string of the molecule is COC1CCC(C=O)(OS(C)(=O)=O)C1. The van der Waals surface area contributed by atoms with Crippen LogP contribution in [0, 0.1) is 0 Å². The molecule has 1 aliphatic carbocycles. The van der Waals surface area contributed by atoms with E-state index in [1.54, 1.807) is 0 Å². The van der Waals surface area contributed by atoms with Crippen molar-refractivity contribution in [2.75, 3.05) is 13.4 Å². The molecule has 0 bridgehead atoms. The Morgan fingerprint density at radius 2 is 2.14 bits per heavy atom. The Hall–Kier alpha value is -0.460. The van der Waals surface area contributed by atoms with Gasteiger partial charge in [0.05, 0.1) is 12.4 Å². The van der Waals surface area contributed by atoms with E-state index in [-0.39, 0.29) is 6.10 Å². The summed E-state index contributed by atoms with van der Waals surface area (Å²) in [6, 6.07) is 0. The van der Waals surface area contributed by atoms with Crippen molar-refractivity contribution >= 4 is 16.4 Å². The van der Waals surface area contributed by atoms with E-state index in [2.05, 4.69) is 0 Å². The molecule has 0 saturated heterocycles. The predicted octanol–water partition coefficient (Wildman–Crippen LogP) is 0.0992. The van der Waals surface area contributed by atoms with Crippen molar-refractivity contribution < 1.29 is 22.1 Å². The average Bonchev–Trinajstić information content (AvgIpc) is 2.46. The van der Waals surface area contributed by atoms with Crippen LogP contribution in [0.1, 0.15) is 19.3 Å². The first-order valence-corrected chi connectivity index (χ1v) is 6.12. The molecule has 0 radical (unpaired) electrons. The predicted molar refractivity (Wildman–Crippen MR) is 49.4 cm³/mol. The van der Waals surface area contributed by atoms with Gasteiger partial charge < -0.3 is 9.53 Å². The molecular formula is C8H14O5S. The van der Waals surface area contributed by atoms with Crippen molar-refractivity contribution in [2.45, 2.75) is 31.0 Å². The maximum absolute atomic E-state index is 10.9. The number of ether oxygens (including phenoxy) is 1. The zero-order chi connectivity index (χ0) is 10.8. The van der Waals surface area contributed by atoms with Crippen molar-refractivity contribution in [3.63, 3.8) is 0 Å². The number of rotatable bonds is 4. The van der Waals surface area contributed by atoms with Crippen molar-refractivity contribution in [1.82, 2.24) is 0 Å². The third-order valence-electron chi connectivity index (χ3n) is 2.33. The fraction of sp³-hybridized carbons (Fsp3) is 0.875. The summed E-state index contributed by atoms with van der Waals surface area (Å²) < 4.78 is 31.7. The van der Waals surface area contributed by atoms with Crippen molar-refractivity contribution in [2.24, 2.45) is 0 Å². The van der Waals surface area contributed by atoms with Gasteiger partial charge in [0.2, 0.25) is 0 Å². The zero-order valence-electron chi connectivity index (χ0n) is 8.23. The molecule has 0 N–H and O–H groups in total. The first-order valence-electron chi connectivity index (χ1n) is 4.30. The van der Waals surface area contributed by atoms with E-state index in [1.807, 2.05) is 0 Å². The van der Waals surface area contributed by atoms with E-state index in [1.165, 1.54) is 7.11 Å². The molecule has 5 nitrogen and oxygen atoms in total. The smallest absolute Gasteiger partial charge is 0.265 e. The summed E-state index contributed by atoms with van der Waals surface area (Å²) in [5, 5.41) is 0. The Kier molecular flexibility index (Phi) is 3.28. The van der Waals surface area contributed by atoms with Crippen molar-refractivity contribution in [1.29, 1.82) is 0 Å². The van der Waals surface area contributed by atoms with E-state index in [0.29, 0.717) is 25.5 Å². The summed E-state index contributed by atoms with van der Waals surface area (Å²) in [6.45, 7) is 0. The van der Waals surface area contributed by atoms with Crippen LogP contribution in [0.4, 0.5) is 0 Å². The molecule has 0 heterocycles. The van der Waals surface area contributed by atoms with E-state index in [4.69, 9.17) is 8.92 Å². The van der Waals surface area contributed by atoms with Gasteiger partial charge in [0, 0.05) is 13.5 Å². The molecule has 14 heavy (non-hydrogen) atoms. The molecule has 6 heteroatoms. The summed E-state index contributed by atoms with van der Waals surface area (Å²) in [7, 11) is -2.06. The van der Waals surface area contributed by atoms with Crippen LogP contribution >= 0.6 is 0 Å². The van der Waals surface area contributed by atoms with Crippen LogP contribution in [0.2, 0.25) is 0 Å². The number of methoxy groups -OCH3 is 1. The lowest BCUT2D eigenvalue weighted by molar-refractivity contribution is -0.121. The van der Waals surface area contributed by atoms with Gasteiger partial charge in [-0.15, -0.1) is 0 Å². The molecule has 1 saturated carbocycles. The van der Waals surface area contributed by atoms with Crippen LogP contribution in [0.5, 0.6) is 0 Å². The van der Waals surface area contributed by atoms with Gasteiger partial charge in [-0.2, -0.15) is 8.42 Å². The fourth-order valence-corrected chi connectivity index (χ4v) is 2.49. The molecule has 0 aromatic rings. The molecule has 2 unspecified atom stereocenters. The molecule has 82 valence electrons. The van der Waals surface area contributed by atoms with Gasteiger partial charge in [0.25, 0.3) is 10.1 Å². The van der Waals surface area contributed by atoms with Crippen molar-refractivity contribution in [3.8, 4) is 0 Å². The van der Waals surface area contributed by atoms with Gasteiger partial charge in [-0.25, -0.2) is 0 Å². The van der Waals surface area contributed by atoms with E-state index >= 15 is 0 Å². The lowest BCUT2D eigenvalue weighted by atomic mass is 10.1. The summed E-state index contributed by atoms with van der Waals surface area (Å²) in [5.41, 5.74) is -1.20. The largest absolute Gasteiger partial charge is 0.381 e. The Labute approximate surface area is 83.5 Å². The number of carbonyl (C=O) groups is 1. The topological polar surface area (TPSA) is 69.7 Å². The number of aldehydes is 1. The molecule has 2 atom stereocenters. The lowest BCUT2D eigenvalue weighted by Gasteiger charge is -2.20. The van der Waals surface area contributed by atoms with Crippen LogP contribution in [0.15, 0.2) is 0 Å². The molecule has 0 aromatic heterocycles. The van der Waals surface area contributed by atoms with Crippen LogP contribution in [0.3, 0.4) is 0 Å². The maximum atomic E-state index is 10.9. The second-order valence-electron chi connectivity index (χ2n) is 3.57. The molecule has 1 aliphatic rings. The van der Waals surface area contributed by atoms with Gasteiger partial charge in [0.15, 0.2) is 6.29 Å². The fourth-order valence-electron chi connectivity index (χ4n) is 1.70. The Morgan fingerprint density at radius 1 is 1.50 bits per heavy atom. The van der Waals surface area contributed by atoms with E-state index in [0.717, 1.165) is 6.26 Å². The Bertz CT molecular complexity index is 310. The standard InChI is InChI=1S/C8H14O5S/c1-12-7-3-4-8(5-7,6-9)13-14(2,10)11/h6-7H,3-5H2,1-2H3. The summed E-state index contributed by atoms with van der Waals surface area (Å²) in [5.74, 6) is 0. The number of hydrogen-bond acceptors (Lipinski definition) is 5. The van der Waals surface area contributed by atoms with Crippen LogP contribution in [-0.2, 0) is 23.8 Å². The van der Waals surface area contributed by atoms with Crippen LogP contribution in [0.25, 0.3) is 0 Å². The summed E-state index contributed by atoms with van der Waals surface area (Å²) in [6.07, 6.45) is 2.75. The third kappa shape index (κ3) is 2.76. The van der Waals surface area contributed by atoms with E-state index < -0.39 is 15.7 Å². The highest BCUT2D eigenvalue weighted by atomic mass is 32.2. The highest BCUT2D eigenvalue weighted by Crippen LogP contribution is 2.34. The summed E-state index contributed by atoms with van der Waals surface area (Å²) in [4.78, 5) is 10.8. The first kappa shape index (κ1) is 11.6. The normalized spacial score (nSPS) is 33.1. The second kappa shape index (κ2) is 3.96. The molecular weight excluding hydrogens is 208 g/mol. The van der Waals surface area contributed by atoms with E-state index in [9.17, 15) is 13.2 Å². The third-order valence-corrected chi connectivity index (χ3v) is 2.96. The highest BCUT2D eigenvalue weighted by Gasteiger charge is 2.43. The van der Waals surface area contributed by atoms with Gasteiger partial charge in [0.1, 0.15) is 5.60 Å². The molecule has 1 rings (SSSR count). The van der Waals surface area contributed by atoms with Crippen LogP contribution in [-0.4, -0.2) is 39.8 Å². The molecule has 0 aromatic carbocycles. The molecule has 1 fully saturated rings. The monoisotopic (exact) mass is 222 g/mol. The van der Waals surface area contributed by atoms with Crippen LogP contribution < -0.4 is 0 Å². The lowest BCUT2D eigenvalue weighted by Crippen LogP contribution is -2.34. The average molecular weight is 222 g/mol. The molecule has 0 spiro atoms. The molecule has 0 aliphatic heterocycles. The van der Waals surface area contributed by atoms with Crippen molar-refractivity contribution in [3.05, 3.63) is 0 Å². The minimum Gasteiger partial charge on any atom is -0.381 e. The maximum Gasteiger partial charge on any atom is 0.265 e. The Balaban J connectivity index is 2.75.